The lowest BCUT2D eigenvalue weighted by molar-refractivity contribution is -0.162. The topological polar surface area (TPSA) is 60.2 Å². The molecule has 0 bridgehead atoms. The van der Waals surface area contributed by atoms with Gasteiger partial charge in [0.1, 0.15) is 0 Å². The number of hydrogen-bond donors (Lipinski definition) is 1. The lowest BCUT2D eigenvalue weighted by Gasteiger charge is -2.19. The van der Waals surface area contributed by atoms with Crippen molar-refractivity contribution < 1.29 is 52.3 Å². The molecule has 3 nitrogen and oxygen atoms in total. The quantitative estimate of drug-likeness (QED) is 0.253. The van der Waals surface area contributed by atoms with Gasteiger partial charge in [0, 0.05) is 16.7 Å². The van der Waals surface area contributed by atoms with Crippen LogP contribution in [-0.4, -0.2) is 8.42 Å². The molecule has 3 aromatic rings. The molecule has 0 aliphatic rings. The fourth-order valence-corrected chi connectivity index (χ4v) is 4.00. The summed E-state index contributed by atoms with van der Waals surface area (Å²) in [5, 5.41) is 5.00. The first-order valence-electron chi connectivity index (χ1n) is 8.73. The molecule has 182 valence electrons. The number of alkyl halides is 6. The summed E-state index contributed by atoms with van der Waals surface area (Å²) in [6.07, 6.45) is -11.2. The first-order chi connectivity index (χ1) is 15.5. The summed E-state index contributed by atoms with van der Waals surface area (Å²) < 4.78 is 161. The Balaban J connectivity index is 2.52. The second-order valence-electron chi connectivity index (χ2n) is 6.80. The van der Waals surface area contributed by atoms with Crippen LogP contribution in [0.25, 0.3) is 22.3 Å². The second kappa shape index (κ2) is 8.27. The molecule has 0 unspecified atom stereocenters. The van der Waals surface area contributed by atoms with Gasteiger partial charge in [-0.2, -0.15) is 26.3 Å². The average Bonchev–Trinajstić information content (AvgIpc) is 2.72. The van der Waals surface area contributed by atoms with Crippen LogP contribution in [0.1, 0.15) is 11.1 Å². The van der Waals surface area contributed by atoms with E-state index in [1.54, 1.807) is 0 Å². The van der Waals surface area contributed by atoms with Crippen molar-refractivity contribution in [2.24, 2.45) is 5.14 Å². The third kappa shape index (κ3) is 4.46. The molecule has 0 saturated carbocycles. The maximum absolute atomic E-state index is 14.8. The summed E-state index contributed by atoms with van der Waals surface area (Å²) in [6.45, 7) is 0. The monoisotopic (exact) mass is 517 g/mol. The van der Waals surface area contributed by atoms with E-state index >= 15 is 0 Å². The Morgan fingerprint density at radius 3 is 1.65 bits per heavy atom. The highest BCUT2D eigenvalue weighted by atomic mass is 32.2. The Bertz CT molecular complexity index is 1400. The minimum atomic E-state index is -5.65. The highest BCUT2D eigenvalue weighted by Crippen LogP contribution is 2.45. The second-order valence-corrected chi connectivity index (χ2v) is 8.33. The van der Waals surface area contributed by atoms with Gasteiger partial charge in [0.05, 0.1) is 16.0 Å². The van der Waals surface area contributed by atoms with Crippen LogP contribution < -0.4 is 5.14 Å². The Hall–Kier alpha value is -3.13. The lowest BCUT2D eigenvalue weighted by Crippen LogP contribution is -2.17. The molecule has 0 aliphatic carbocycles. The van der Waals surface area contributed by atoms with Gasteiger partial charge in [-0.05, 0) is 23.8 Å². The summed E-state index contributed by atoms with van der Waals surface area (Å²) in [6, 6.07) is 3.58. The van der Waals surface area contributed by atoms with Gasteiger partial charge in [0.2, 0.25) is 10.0 Å². The Morgan fingerprint density at radius 1 is 0.647 bits per heavy atom. The van der Waals surface area contributed by atoms with Gasteiger partial charge in [-0.15, -0.1) is 0 Å². The molecule has 3 aromatic carbocycles. The molecule has 3 rings (SSSR count). The number of primary sulfonamides is 1. The standard InChI is InChI=1S/C20H9F10NO2S/c21-15-13(8-5-6-10(19(25,26)27)11(7-8)20(28,29)30)14(16(22)18(24)17(15)23)9-3-1-2-4-12(9)34(31,32)33/h1-7H,(H2,31,32,33). The zero-order chi connectivity index (χ0) is 25.8. The van der Waals surface area contributed by atoms with E-state index in [1.165, 1.54) is 0 Å². The smallest absolute Gasteiger partial charge is 0.225 e. The lowest BCUT2D eigenvalue weighted by atomic mass is 9.90. The molecular formula is C20H9F10NO2S. The number of nitrogens with two attached hydrogens (primary N) is 1. The van der Waals surface area contributed by atoms with E-state index in [-0.39, 0.29) is 18.2 Å². The van der Waals surface area contributed by atoms with Crippen LogP contribution in [0.3, 0.4) is 0 Å². The zero-order valence-corrected chi connectivity index (χ0v) is 16.9. The molecule has 0 saturated heterocycles. The Labute approximate surface area is 184 Å². The summed E-state index contributed by atoms with van der Waals surface area (Å²) in [4.78, 5) is -0.941. The highest BCUT2D eigenvalue weighted by Gasteiger charge is 2.43. The summed E-state index contributed by atoms with van der Waals surface area (Å²) in [7, 11) is -4.72. The predicted molar refractivity (Wildman–Crippen MR) is 98.5 cm³/mol. The van der Waals surface area contributed by atoms with Crippen molar-refractivity contribution >= 4 is 10.0 Å². The van der Waals surface area contributed by atoms with Crippen molar-refractivity contribution in [2.45, 2.75) is 17.2 Å². The SMILES string of the molecule is NS(=O)(=O)c1ccccc1-c1c(F)c(F)c(F)c(F)c1-c1ccc(C(F)(F)F)c(C(F)(F)F)c1. The Morgan fingerprint density at radius 2 is 1.15 bits per heavy atom. The molecule has 0 fully saturated rings. The number of benzene rings is 3. The van der Waals surface area contributed by atoms with Gasteiger partial charge in [-0.3, -0.25) is 0 Å². The van der Waals surface area contributed by atoms with Gasteiger partial charge in [0.15, 0.2) is 23.3 Å². The number of rotatable bonds is 3. The van der Waals surface area contributed by atoms with E-state index in [0.717, 1.165) is 24.3 Å². The van der Waals surface area contributed by atoms with E-state index in [4.69, 9.17) is 5.14 Å². The molecule has 0 amide bonds. The maximum atomic E-state index is 14.8. The van der Waals surface area contributed by atoms with E-state index < -0.39 is 83.9 Å². The van der Waals surface area contributed by atoms with Gasteiger partial charge in [-0.25, -0.2) is 31.1 Å². The van der Waals surface area contributed by atoms with Gasteiger partial charge in [-0.1, -0.05) is 24.3 Å². The molecule has 14 heteroatoms. The average molecular weight is 517 g/mol. The molecule has 0 atom stereocenters. The number of halogens is 10. The maximum Gasteiger partial charge on any atom is 0.417 e. The molecule has 0 aromatic heterocycles. The third-order valence-electron chi connectivity index (χ3n) is 4.65. The largest absolute Gasteiger partial charge is 0.417 e. The normalized spacial score (nSPS) is 12.8. The van der Waals surface area contributed by atoms with Crippen LogP contribution in [0.5, 0.6) is 0 Å². The van der Waals surface area contributed by atoms with Crippen molar-refractivity contribution in [1.82, 2.24) is 0 Å². The highest BCUT2D eigenvalue weighted by molar-refractivity contribution is 7.89. The minimum absolute atomic E-state index is 0.105. The minimum Gasteiger partial charge on any atom is -0.225 e. The van der Waals surface area contributed by atoms with E-state index in [9.17, 15) is 52.3 Å². The van der Waals surface area contributed by atoms with E-state index in [2.05, 4.69) is 0 Å². The molecule has 0 aliphatic heterocycles. The molecule has 0 spiro atoms. The van der Waals surface area contributed by atoms with Gasteiger partial charge in [0.25, 0.3) is 0 Å². The van der Waals surface area contributed by atoms with Crippen LogP contribution >= 0.6 is 0 Å². The first-order valence-corrected chi connectivity index (χ1v) is 10.3. The summed E-state index contributed by atoms with van der Waals surface area (Å²) in [5.74, 6) is -9.41. The molecule has 0 heterocycles. The Kier molecular flexibility index (Phi) is 6.20. The van der Waals surface area contributed by atoms with Crippen LogP contribution in [0, 0.1) is 23.3 Å². The fourth-order valence-electron chi connectivity index (χ4n) is 3.26. The molecular weight excluding hydrogens is 508 g/mol. The van der Waals surface area contributed by atoms with Crippen molar-refractivity contribution in [1.29, 1.82) is 0 Å². The number of sulfonamides is 1. The van der Waals surface area contributed by atoms with Crippen LogP contribution in [-0.2, 0) is 22.4 Å². The van der Waals surface area contributed by atoms with Gasteiger partial charge >= 0.3 is 12.4 Å². The van der Waals surface area contributed by atoms with Crippen molar-refractivity contribution in [3.63, 3.8) is 0 Å². The summed E-state index contributed by atoms with van der Waals surface area (Å²) >= 11 is 0. The third-order valence-corrected chi connectivity index (χ3v) is 5.62. The summed E-state index contributed by atoms with van der Waals surface area (Å²) in [5.41, 5.74) is -9.34. The van der Waals surface area contributed by atoms with Crippen LogP contribution in [0.15, 0.2) is 47.4 Å². The van der Waals surface area contributed by atoms with Crippen LogP contribution in [0.2, 0.25) is 0 Å². The van der Waals surface area contributed by atoms with Crippen molar-refractivity contribution in [2.75, 3.05) is 0 Å². The van der Waals surface area contributed by atoms with E-state index in [0.29, 0.717) is 0 Å². The molecule has 34 heavy (non-hydrogen) atoms. The van der Waals surface area contributed by atoms with Crippen LogP contribution in [0.4, 0.5) is 43.9 Å². The number of hydrogen-bond acceptors (Lipinski definition) is 2. The van der Waals surface area contributed by atoms with Gasteiger partial charge < -0.3 is 0 Å². The van der Waals surface area contributed by atoms with Crippen molar-refractivity contribution in [3.05, 3.63) is 76.9 Å². The molecule has 0 radical (unpaired) electrons. The van der Waals surface area contributed by atoms with Crippen molar-refractivity contribution in [3.8, 4) is 22.3 Å². The first kappa shape index (κ1) is 25.5. The fraction of sp³-hybridized carbons (Fsp3) is 0.100. The zero-order valence-electron chi connectivity index (χ0n) is 16.1. The molecule has 2 N–H and O–H groups in total. The van der Waals surface area contributed by atoms with E-state index in [1.807, 2.05) is 0 Å². The predicted octanol–water partition coefficient (Wildman–Crippen LogP) is 6.26.